The predicted octanol–water partition coefficient (Wildman–Crippen LogP) is 1.68. The van der Waals surface area contributed by atoms with E-state index in [-0.39, 0.29) is 0 Å². The summed E-state index contributed by atoms with van der Waals surface area (Å²) in [7, 11) is 0. The summed E-state index contributed by atoms with van der Waals surface area (Å²) < 4.78 is 0. The molecule has 2 atom stereocenters. The van der Waals surface area contributed by atoms with Crippen LogP contribution in [-0.2, 0) is 0 Å². The van der Waals surface area contributed by atoms with E-state index in [0.29, 0.717) is 18.6 Å². The van der Waals surface area contributed by atoms with E-state index in [1.807, 2.05) is 0 Å². The maximum absolute atomic E-state index is 9.17. The van der Waals surface area contributed by atoms with Gasteiger partial charge in [-0.15, -0.1) is 0 Å². The van der Waals surface area contributed by atoms with Crippen LogP contribution in [0.2, 0.25) is 0 Å². The lowest BCUT2D eigenvalue weighted by atomic mass is 10.0. The van der Waals surface area contributed by atoms with Gasteiger partial charge in [-0.1, -0.05) is 19.3 Å². The summed E-state index contributed by atoms with van der Waals surface area (Å²) >= 11 is 0. The van der Waals surface area contributed by atoms with Crippen molar-refractivity contribution in [2.45, 2.75) is 57.0 Å². The van der Waals surface area contributed by atoms with E-state index < -0.39 is 0 Å². The van der Waals surface area contributed by atoms with Gasteiger partial charge in [0.2, 0.25) is 0 Å². The quantitative estimate of drug-likeness (QED) is 0.697. The van der Waals surface area contributed by atoms with E-state index in [9.17, 15) is 5.11 Å². The lowest BCUT2D eigenvalue weighted by Crippen LogP contribution is -2.40. The molecule has 0 spiro atoms. The molecule has 2 aliphatic rings. The van der Waals surface area contributed by atoms with Crippen molar-refractivity contribution in [3.05, 3.63) is 0 Å². The Morgan fingerprint density at radius 3 is 2.46 bits per heavy atom. The van der Waals surface area contributed by atoms with E-state index in [0.717, 1.165) is 6.04 Å². The minimum atomic E-state index is 0.379. The van der Waals surface area contributed by atoms with Gasteiger partial charge in [0.05, 0.1) is 0 Å². The van der Waals surface area contributed by atoms with Crippen molar-refractivity contribution in [1.29, 1.82) is 0 Å². The highest BCUT2D eigenvalue weighted by molar-refractivity contribution is 4.86. The van der Waals surface area contributed by atoms with E-state index in [2.05, 4.69) is 5.32 Å². The molecule has 0 amide bonds. The SMILES string of the molecule is OC[C@@H]1CCC[C@@H]1NC1CCCC1. The van der Waals surface area contributed by atoms with E-state index in [1.165, 1.54) is 44.9 Å². The van der Waals surface area contributed by atoms with Gasteiger partial charge in [0.1, 0.15) is 0 Å². The second-order valence-electron chi connectivity index (χ2n) is 4.63. The van der Waals surface area contributed by atoms with Gasteiger partial charge in [-0.25, -0.2) is 0 Å². The minimum absolute atomic E-state index is 0.379. The molecular weight excluding hydrogens is 162 g/mol. The highest BCUT2D eigenvalue weighted by Crippen LogP contribution is 2.27. The fourth-order valence-corrected chi connectivity index (χ4v) is 2.87. The van der Waals surface area contributed by atoms with Crippen LogP contribution in [0.1, 0.15) is 44.9 Å². The Bertz CT molecular complexity index is 154. The molecule has 2 fully saturated rings. The van der Waals surface area contributed by atoms with Crippen LogP contribution in [0.15, 0.2) is 0 Å². The monoisotopic (exact) mass is 183 g/mol. The third-order valence-electron chi connectivity index (χ3n) is 3.70. The molecule has 2 aliphatic carbocycles. The maximum atomic E-state index is 9.17. The average Bonchev–Trinajstić information content (AvgIpc) is 2.76. The summed E-state index contributed by atoms with van der Waals surface area (Å²) in [4.78, 5) is 0. The topological polar surface area (TPSA) is 32.3 Å². The van der Waals surface area contributed by atoms with Crippen molar-refractivity contribution in [2.24, 2.45) is 5.92 Å². The van der Waals surface area contributed by atoms with E-state index in [1.54, 1.807) is 0 Å². The summed E-state index contributed by atoms with van der Waals surface area (Å²) in [6, 6.07) is 1.38. The lowest BCUT2D eigenvalue weighted by molar-refractivity contribution is 0.199. The summed E-state index contributed by atoms with van der Waals surface area (Å²) in [5, 5.41) is 12.9. The molecule has 76 valence electrons. The second-order valence-corrected chi connectivity index (χ2v) is 4.63. The molecule has 2 heteroatoms. The van der Waals surface area contributed by atoms with Crippen LogP contribution in [0.25, 0.3) is 0 Å². The summed E-state index contributed by atoms with van der Waals surface area (Å²) in [6.07, 6.45) is 9.31. The highest BCUT2D eigenvalue weighted by atomic mass is 16.3. The first-order chi connectivity index (χ1) is 6.40. The molecule has 0 unspecified atom stereocenters. The number of hydrogen-bond acceptors (Lipinski definition) is 2. The Morgan fingerprint density at radius 1 is 1.00 bits per heavy atom. The Hall–Kier alpha value is -0.0800. The number of aliphatic hydroxyl groups excluding tert-OH is 1. The van der Waals surface area contributed by atoms with Gasteiger partial charge in [-0.05, 0) is 31.6 Å². The Labute approximate surface area is 80.7 Å². The first-order valence-corrected chi connectivity index (χ1v) is 5.77. The Balaban J connectivity index is 1.79. The van der Waals surface area contributed by atoms with Gasteiger partial charge >= 0.3 is 0 Å². The third kappa shape index (κ3) is 2.23. The molecule has 2 saturated carbocycles. The van der Waals surface area contributed by atoms with Crippen LogP contribution in [0.5, 0.6) is 0 Å². The van der Waals surface area contributed by atoms with Crippen molar-refractivity contribution in [3.8, 4) is 0 Å². The lowest BCUT2D eigenvalue weighted by Gasteiger charge is -2.23. The number of rotatable bonds is 3. The Morgan fingerprint density at radius 2 is 1.77 bits per heavy atom. The molecule has 0 aromatic heterocycles. The molecule has 13 heavy (non-hydrogen) atoms. The van der Waals surface area contributed by atoms with Crippen molar-refractivity contribution >= 4 is 0 Å². The smallest absolute Gasteiger partial charge is 0.0474 e. The molecule has 0 radical (unpaired) electrons. The summed E-state index contributed by atoms with van der Waals surface area (Å²) in [5.74, 6) is 0.542. The third-order valence-corrected chi connectivity index (χ3v) is 3.70. The summed E-state index contributed by atoms with van der Waals surface area (Å²) in [6.45, 7) is 0.379. The van der Waals surface area contributed by atoms with Crippen LogP contribution < -0.4 is 5.32 Å². The van der Waals surface area contributed by atoms with Gasteiger partial charge < -0.3 is 10.4 Å². The van der Waals surface area contributed by atoms with Crippen molar-refractivity contribution in [2.75, 3.05) is 6.61 Å². The predicted molar refractivity (Wildman–Crippen MR) is 53.6 cm³/mol. The molecule has 0 bridgehead atoms. The van der Waals surface area contributed by atoms with Crippen LogP contribution in [0, 0.1) is 5.92 Å². The fraction of sp³-hybridized carbons (Fsp3) is 1.00. The zero-order valence-corrected chi connectivity index (χ0v) is 8.34. The van der Waals surface area contributed by atoms with E-state index in [4.69, 9.17) is 0 Å². The molecule has 0 saturated heterocycles. The largest absolute Gasteiger partial charge is 0.396 e. The standard InChI is InChI=1S/C11H21NO/c13-8-9-4-3-7-11(9)12-10-5-1-2-6-10/h9-13H,1-8H2/t9-,11-/m0/s1. The normalized spacial score (nSPS) is 35.8. The second kappa shape index (κ2) is 4.43. The molecule has 0 aliphatic heterocycles. The number of hydrogen-bond donors (Lipinski definition) is 2. The van der Waals surface area contributed by atoms with Crippen LogP contribution in [-0.4, -0.2) is 23.8 Å². The van der Waals surface area contributed by atoms with Crippen molar-refractivity contribution < 1.29 is 5.11 Å². The Kier molecular flexibility index (Phi) is 3.23. The van der Waals surface area contributed by atoms with Gasteiger partial charge in [0.25, 0.3) is 0 Å². The molecule has 2 rings (SSSR count). The zero-order valence-electron chi connectivity index (χ0n) is 8.34. The van der Waals surface area contributed by atoms with Gasteiger partial charge in [0.15, 0.2) is 0 Å². The van der Waals surface area contributed by atoms with Crippen LogP contribution in [0.3, 0.4) is 0 Å². The molecule has 2 N–H and O–H groups in total. The maximum Gasteiger partial charge on any atom is 0.0474 e. The first-order valence-electron chi connectivity index (χ1n) is 5.77. The molecule has 2 nitrogen and oxygen atoms in total. The molecule has 0 aromatic rings. The molecule has 0 heterocycles. The number of aliphatic hydroxyl groups is 1. The summed E-state index contributed by atoms with van der Waals surface area (Å²) in [5.41, 5.74) is 0. The fourth-order valence-electron chi connectivity index (χ4n) is 2.87. The number of nitrogens with one attached hydrogen (secondary N) is 1. The van der Waals surface area contributed by atoms with Gasteiger partial charge in [-0.2, -0.15) is 0 Å². The van der Waals surface area contributed by atoms with Gasteiger partial charge in [-0.3, -0.25) is 0 Å². The highest BCUT2D eigenvalue weighted by Gasteiger charge is 2.28. The molecular formula is C11H21NO. The minimum Gasteiger partial charge on any atom is -0.396 e. The van der Waals surface area contributed by atoms with Crippen molar-refractivity contribution in [3.63, 3.8) is 0 Å². The van der Waals surface area contributed by atoms with E-state index >= 15 is 0 Å². The van der Waals surface area contributed by atoms with Crippen LogP contribution in [0.4, 0.5) is 0 Å². The zero-order chi connectivity index (χ0) is 9.10. The van der Waals surface area contributed by atoms with Crippen LogP contribution >= 0.6 is 0 Å². The average molecular weight is 183 g/mol. The first kappa shape index (κ1) is 9.47. The molecule has 0 aromatic carbocycles. The van der Waals surface area contributed by atoms with Gasteiger partial charge in [0, 0.05) is 18.7 Å². The van der Waals surface area contributed by atoms with Crippen molar-refractivity contribution in [1.82, 2.24) is 5.32 Å².